The van der Waals surface area contributed by atoms with E-state index in [4.69, 9.17) is 4.74 Å². The SMILES string of the molecule is CCCCC/C=C\C/C=C\C/C=C\C/C=C\CCCCCC(=O)OC(CCCCCCCCCCCCCCCCCCC)CC(=O)NC(CO)C(O)CCCCCCCCCCCCCCCC. The number of amides is 1. The summed E-state index contributed by atoms with van der Waals surface area (Å²) in [5.74, 6) is -0.494. The average molecular weight is 969 g/mol. The van der Waals surface area contributed by atoms with E-state index in [1.807, 2.05) is 0 Å². The molecule has 0 saturated heterocycles. The normalized spacial score (nSPS) is 13.4. The van der Waals surface area contributed by atoms with E-state index in [0.29, 0.717) is 19.3 Å². The van der Waals surface area contributed by atoms with Crippen molar-refractivity contribution in [2.24, 2.45) is 0 Å². The van der Waals surface area contributed by atoms with E-state index in [-0.39, 0.29) is 24.9 Å². The number of rotatable bonds is 55. The fraction of sp³-hybridized carbons (Fsp3) is 0.841. The van der Waals surface area contributed by atoms with Gasteiger partial charge in [-0.3, -0.25) is 9.59 Å². The Morgan fingerprint density at radius 2 is 0.739 bits per heavy atom. The topological polar surface area (TPSA) is 95.9 Å². The van der Waals surface area contributed by atoms with Crippen molar-refractivity contribution in [2.75, 3.05) is 6.61 Å². The van der Waals surface area contributed by atoms with Gasteiger partial charge in [0.05, 0.1) is 25.2 Å². The Morgan fingerprint density at radius 1 is 0.420 bits per heavy atom. The van der Waals surface area contributed by atoms with Gasteiger partial charge in [0.2, 0.25) is 5.91 Å². The third-order valence-electron chi connectivity index (χ3n) is 13.9. The minimum atomic E-state index is -0.793. The summed E-state index contributed by atoms with van der Waals surface area (Å²) in [5.41, 5.74) is 0. The van der Waals surface area contributed by atoms with Gasteiger partial charge in [-0.05, 0) is 70.6 Å². The van der Waals surface area contributed by atoms with E-state index in [1.165, 1.54) is 193 Å². The molecule has 1 amide bonds. The maximum Gasteiger partial charge on any atom is 0.306 e. The monoisotopic (exact) mass is 968 g/mol. The molecule has 0 saturated carbocycles. The van der Waals surface area contributed by atoms with Crippen LogP contribution in [-0.2, 0) is 14.3 Å². The van der Waals surface area contributed by atoms with Crippen LogP contribution in [0, 0.1) is 0 Å². The van der Waals surface area contributed by atoms with Crippen LogP contribution in [0.3, 0.4) is 0 Å². The lowest BCUT2D eigenvalue weighted by molar-refractivity contribution is -0.151. The summed E-state index contributed by atoms with van der Waals surface area (Å²) in [6.45, 7) is 6.49. The molecule has 0 aliphatic carbocycles. The molecule has 0 aromatic rings. The summed E-state index contributed by atoms with van der Waals surface area (Å²) in [4.78, 5) is 26.3. The van der Waals surface area contributed by atoms with Crippen LogP contribution >= 0.6 is 0 Å². The highest BCUT2D eigenvalue weighted by atomic mass is 16.5. The first-order valence-corrected chi connectivity index (χ1v) is 30.4. The predicted molar refractivity (Wildman–Crippen MR) is 301 cm³/mol. The molecule has 3 unspecified atom stereocenters. The largest absolute Gasteiger partial charge is 0.462 e. The summed E-state index contributed by atoms with van der Waals surface area (Å²) >= 11 is 0. The van der Waals surface area contributed by atoms with Crippen LogP contribution in [-0.4, -0.2) is 46.9 Å². The summed E-state index contributed by atoms with van der Waals surface area (Å²) in [7, 11) is 0. The molecule has 3 atom stereocenters. The number of ether oxygens (including phenoxy) is 1. The molecule has 0 aliphatic rings. The molecule has 404 valence electrons. The first kappa shape index (κ1) is 66.8. The summed E-state index contributed by atoms with van der Waals surface area (Å²) in [6, 6.07) is -0.708. The van der Waals surface area contributed by atoms with Crippen LogP contribution < -0.4 is 5.32 Å². The van der Waals surface area contributed by atoms with Crippen molar-refractivity contribution in [3.8, 4) is 0 Å². The zero-order chi connectivity index (χ0) is 50.2. The van der Waals surface area contributed by atoms with Gasteiger partial charge in [0.1, 0.15) is 6.10 Å². The van der Waals surface area contributed by atoms with E-state index < -0.39 is 18.2 Å². The predicted octanol–water partition coefficient (Wildman–Crippen LogP) is 19.0. The molecule has 3 N–H and O–H groups in total. The summed E-state index contributed by atoms with van der Waals surface area (Å²) in [5, 5.41) is 23.9. The van der Waals surface area contributed by atoms with Gasteiger partial charge in [-0.25, -0.2) is 0 Å². The Kier molecular flexibility index (Phi) is 54.9. The van der Waals surface area contributed by atoms with Gasteiger partial charge in [0.25, 0.3) is 0 Å². The molecule has 0 fully saturated rings. The Morgan fingerprint density at radius 3 is 1.13 bits per heavy atom. The molecule has 0 rings (SSSR count). The first-order chi connectivity index (χ1) is 34.0. The number of nitrogens with one attached hydrogen (secondary N) is 1. The summed E-state index contributed by atoms with van der Waals surface area (Å²) < 4.78 is 5.97. The van der Waals surface area contributed by atoms with Crippen molar-refractivity contribution < 1.29 is 24.5 Å². The molecule has 6 heteroatoms. The molecule has 0 radical (unpaired) electrons. The third-order valence-corrected chi connectivity index (χ3v) is 13.9. The van der Waals surface area contributed by atoms with Crippen LogP contribution in [0.2, 0.25) is 0 Å². The van der Waals surface area contributed by atoms with Crippen molar-refractivity contribution >= 4 is 11.9 Å². The highest BCUT2D eigenvalue weighted by molar-refractivity contribution is 5.77. The zero-order valence-electron chi connectivity index (χ0n) is 46.2. The molecule has 6 nitrogen and oxygen atoms in total. The van der Waals surface area contributed by atoms with Gasteiger partial charge in [-0.1, -0.05) is 281 Å². The van der Waals surface area contributed by atoms with Crippen molar-refractivity contribution in [1.29, 1.82) is 0 Å². The van der Waals surface area contributed by atoms with Crippen LogP contribution in [0.1, 0.15) is 316 Å². The number of carbonyl (C=O) groups is 2. The van der Waals surface area contributed by atoms with Crippen LogP contribution in [0.25, 0.3) is 0 Å². The molecule has 0 aromatic carbocycles. The van der Waals surface area contributed by atoms with E-state index in [9.17, 15) is 19.8 Å². The first-order valence-electron chi connectivity index (χ1n) is 30.4. The van der Waals surface area contributed by atoms with Gasteiger partial charge in [-0.15, -0.1) is 0 Å². The smallest absolute Gasteiger partial charge is 0.306 e. The number of unbranched alkanes of at least 4 members (excludes halogenated alkanes) is 35. The fourth-order valence-electron chi connectivity index (χ4n) is 9.30. The molecule has 0 spiro atoms. The van der Waals surface area contributed by atoms with Gasteiger partial charge in [0, 0.05) is 6.42 Å². The number of carbonyl (C=O) groups excluding carboxylic acids is 2. The van der Waals surface area contributed by atoms with Crippen molar-refractivity contribution in [3.05, 3.63) is 48.6 Å². The standard InChI is InChI=1S/C63H117NO5/c1-4-7-10-13-16-19-22-25-28-30-31-33-35-38-41-44-47-50-53-56-63(68)69-59(54-51-48-45-42-39-36-34-32-29-26-23-20-17-14-11-8-5-2)57-62(67)64-60(58-65)61(66)55-52-49-46-43-40-37-27-24-21-18-15-12-9-6-3/h16,19,25,28,31,33,38,41,59-61,65-66H,4-15,17-18,20-24,26-27,29-30,32,34-37,39-40,42-58H2,1-3H3,(H,64,67)/b19-16-,28-25-,33-31-,41-38-. The minimum absolute atomic E-state index is 0.0682. The van der Waals surface area contributed by atoms with E-state index >= 15 is 0 Å². The molecular weight excluding hydrogens is 851 g/mol. The Labute approximate surface area is 429 Å². The number of aliphatic hydroxyl groups excluding tert-OH is 2. The van der Waals surface area contributed by atoms with E-state index in [1.54, 1.807) is 0 Å². The number of hydrogen-bond donors (Lipinski definition) is 3. The molecule has 0 heterocycles. The van der Waals surface area contributed by atoms with E-state index in [0.717, 1.165) is 77.0 Å². The molecule has 0 aliphatic heterocycles. The highest BCUT2D eigenvalue weighted by Gasteiger charge is 2.24. The van der Waals surface area contributed by atoms with Crippen molar-refractivity contribution in [3.63, 3.8) is 0 Å². The highest BCUT2D eigenvalue weighted by Crippen LogP contribution is 2.19. The van der Waals surface area contributed by atoms with Crippen LogP contribution in [0.15, 0.2) is 48.6 Å². The molecule has 0 bridgehead atoms. The second kappa shape index (κ2) is 56.7. The number of hydrogen-bond acceptors (Lipinski definition) is 5. The minimum Gasteiger partial charge on any atom is -0.462 e. The number of aliphatic hydroxyl groups is 2. The third kappa shape index (κ3) is 52.0. The van der Waals surface area contributed by atoms with Crippen molar-refractivity contribution in [1.82, 2.24) is 5.32 Å². The second-order valence-electron chi connectivity index (χ2n) is 20.8. The molecule has 69 heavy (non-hydrogen) atoms. The van der Waals surface area contributed by atoms with Gasteiger partial charge < -0.3 is 20.3 Å². The summed E-state index contributed by atoms with van der Waals surface area (Å²) in [6.07, 6.45) is 70.3. The van der Waals surface area contributed by atoms with Gasteiger partial charge >= 0.3 is 5.97 Å². The second-order valence-corrected chi connectivity index (χ2v) is 20.8. The Balaban J connectivity index is 4.59. The lowest BCUT2D eigenvalue weighted by atomic mass is 10.0. The Bertz CT molecular complexity index is 1180. The van der Waals surface area contributed by atoms with Crippen LogP contribution in [0.5, 0.6) is 0 Å². The lowest BCUT2D eigenvalue weighted by Gasteiger charge is -2.24. The maximum absolute atomic E-state index is 13.3. The number of esters is 1. The maximum atomic E-state index is 13.3. The quantitative estimate of drug-likeness (QED) is 0.0321. The average Bonchev–Trinajstić information content (AvgIpc) is 3.34. The number of allylic oxidation sites excluding steroid dienone is 8. The van der Waals surface area contributed by atoms with E-state index in [2.05, 4.69) is 74.7 Å². The lowest BCUT2D eigenvalue weighted by Crippen LogP contribution is -2.46. The fourth-order valence-corrected chi connectivity index (χ4v) is 9.30. The molecular formula is C63H117NO5. The van der Waals surface area contributed by atoms with Gasteiger partial charge in [0.15, 0.2) is 0 Å². The van der Waals surface area contributed by atoms with Gasteiger partial charge in [-0.2, -0.15) is 0 Å². The molecule has 0 aromatic heterocycles. The van der Waals surface area contributed by atoms with Crippen molar-refractivity contribution in [2.45, 2.75) is 334 Å². The Hall–Kier alpha value is -2.18. The zero-order valence-corrected chi connectivity index (χ0v) is 46.2. The van der Waals surface area contributed by atoms with Crippen LogP contribution in [0.4, 0.5) is 0 Å².